The lowest BCUT2D eigenvalue weighted by Gasteiger charge is -2.25. The van der Waals surface area contributed by atoms with Crippen LogP contribution in [0.15, 0.2) is 18.2 Å². The van der Waals surface area contributed by atoms with Gasteiger partial charge in [-0.15, -0.1) is 0 Å². The molecule has 0 atom stereocenters. The molecule has 1 aromatic rings. The zero-order valence-electron chi connectivity index (χ0n) is 10.3. The van der Waals surface area contributed by atoms with E-state index in [2.05, 4.69) is 5.32 Å². The highest BCUT2D eigenvalue weighted by Crippen LogP contribution is 2.18. The molecular formula is C13H19ClFNO. The summed E-state index contributed by atoms with van der Waals surface area (Å²) in [7, 11) is 0. The Bertz CT molecular complexity index is 366. The molecule has 0 aliphatic rings. The van der Waals surface area contributed by atoms with Crippen LogP contribution in [-0.2, 0) is 6.54 Å². The normalized spacial score (nSPS) is 11.8. The second-order valence-corrected chi connectivity index (χ2v) is 4.68. The van der Waals surface area contributed by atoms with E-state index in [1.54, 1.807) is 6.07 Å². The van der Waals surface area contributed by atoms with Crippen LogP contribution in [0.2, 0.25) is 5.02 Å². The summed E-state index contributed by atoms with van der Waals surface area (Å²) < 4.78 is 12.8. The summed E-state index contributed by atoms with van der Waals surface area (Å²) in [5.41, 5.74) is 0.162. The lowest BCUT2D eigenvalue weighted by molar-refractivity contribution is 0.0323. The van der Waals surface area contributed by atoms with Gasteiger partial charge in [-0.2, -0.15) is 0 Å². The Balaban J connectivity index is 2.51. The van der Waals surface area contributed by atoms with Crippen LogP contribution < -0.4 is 5.32 Å². The molecule has 0 amide bonds. The van der Waals surface area contributed by atoms with Crippen molar-refractivity contribution in [2.45, 2.75) is 38.8 Å². The molecule has 0 fully saturated rings. The summed E-state index contributed by atoms with van der Waals surface area (Å²) in [5.74, 6) is -0.336. The van der Waals surface area contributed by atoms with Gasteiger partial charge in [0.2, 0.25) is 0 Å². The highest BCUT2D eigenvalue weighted by Gasteiger charge is 2.21. The Hall–Kier alpha value is -0.640. The van der Waals surface area contributed by atoms with E-state index < -0.39 is 5.60 Å². The van der Waals surface area contributed by atoms with E-state index in [0.717, 1.165) is 5.56 Å². The molecule has 0 bridgehead atoms. The van der Waals surface area contributed by atoms with Crippen LogP contribution in [0, 0.1) is 5.82 Å². The minimum absolute atomic E-state index is 0.336. The fourth-order valence-corrected chi connectivity index (χ4v) is 1.83. The first-order chi connectivity index (χ1) is 8.00. The number of aliphatic hydroxyl groups is 1. The van der Waals surface area contributed by atoms with Crippen LogP contribution in [0.5, 0.6) is 0 Å². The molecule has 0 radical (unpaired) electrons. The van der Waals surface area contributed by atoms with Crippen molar-refractivity contribution in [3.8, 4) is 0 Å². The molecule has 2 N–H and O–H groups in total. The molecule has 2 nitrogen and oxygen atoms in total. The van der Waals surface area contributed by atoms with Gasteiger partial charge in [0.15, 0.2) is 0 Å². The van der Waals surface area contributed by atoms with Gasteiger partial charge in [-0.1, -0.05) is 31.5 Å². The third-order valence-corrected chi connectivity index (χ3v) is 3.45. The third kappa shape index (κ3) is 4.26. The van der Waals surface area contributed by atoms with Crippen molar-refractivity contribution in [2.75, 3.05) is 6.54 Å². The standard InChI is InChI=1S/C13H19ClFNO/c1-3-13(17,4-2)9-16-8-10-5-6-11(15)7-12(10)14/h5-7,16-17H,3-4,8-9H2,1-2H3. The topological polar surface area (TPSA) is 32.3 Å². The molecule has 0 saturated heterocycles. The molecule has 0 aliphatic heterocycles. The van der Waals surface area contributed by atoms with Crippen molar-refractivity contribution in [2.24, 2.45) is 0 Å². The predicted molar refractivity (Wildman–Crippen MR) is 68.6 cm³/mol. The van der Waals surface area contributed by atoms with E-state index in [-0.39, 0.29) is 5.82 Å². The minimum Gasteiger partial charge on any atom is -0.389 e. The van der Waals surface area contributed by atoms with Crippen molar-refractivity contribution >= 4 is 11.6 Å². The monoisotopic (exact) mass is 259 g/mol. The number of halogens is 2. The minimum atomic E-state index is -0.674. The first kappa shape index (κ1) is 14.4. The maximum atomic E-state index is 12.8. The van der Waals surface area contributed by atoms with Crippen molar-refractivity contribution in [3.05, 3.63) is 34.6 Å². The highest BCUT2D eigenvalue weighted by atomic mass is 35.5. The molecule has 0 aliphatic carbocycles. The van der Waals surface area contributed by atoms with E-state index in [1.165, 1.54) is 12.1 Å². The first-order valence-electron chi connectivity index (χ1n) is 5.88. The molecule has 0 aromatic heterocycles. The van der Waals surface area contributed by atoms with Crippen molar-refractivity contribution in [1.82, 2.24) is 5.32 Å². The van der Waals surface area contributed by atoms with E-state index in [1.807, 2.05) is 13.8 Å². The van der Waals surface area contributed by atoms with Crippen molar-refractivity contribution < 1.29 is 9.50 Å². The van der Waals surface area contributed by atoms with E-state index in [9.17, 15) is 9.50 Å². The third-order valence-electron chi connectivity index (χ3n) is 3.10. The van der Waals surface area contributed by atoms with Gasteiger partial charge in [0.1, 0.15) is 5.82 Å². The summed E-state index contributed by atoms with van der Waals surface area (Å²) in [4.78, 5) is 0. The molecular weight excluding hydrogens is 241 g/mol. The number of rotatable bonds is 6. The van der Waals surface area contributed by atoms with Crippen LogP contribution in [0.25, 0.3) is 0 Å². The maximum Gasteiger partial charge on any atom is 0.124 e. The highest BCUT2D eigenvalue weighted by molar-refractivity contribution is 6.31. The van der Waals surface area contributed by atoms with Crippen LogP contribution in [0.4, 0.5) is 4.39 Å². The number of nitrogens with one attached hydrogen (secondary N) is 1. The second-order valence-electron chi connectivity index (χ2n) is 4.27. The lowest BCUT2D eigenvalue weighted by Crippen LogP contribution is -2.39. The van der Waals surface area contributed by atoms with Gasteiger partial charge >= 0.3 is 0 Å². The molecule has 0 heterocycles. The van der Waals surface area contributed by atoms with Crippen molar-refractivity contribution in [3.63, 3.8) is 0 Å². The Morgan fingerprint density at radius 3 is 2.53 bits per heavy atom. The van der Waals surface area contributed by atoms with Gasteiger partial charge in [0, 0.05) is 18.1 Å². The van der Waals surface area contributed by atoms with Gasteiger partial charge in [-0.3, -0.25) is 0 Å². The first-order valence-corrected chi connectivity index (χ1v) is 6.25. The number of benzene rings is 1. The van der Waals surface area contributed by atoms with Crippen LogP contribution in [0.1, 0.15) is 32.3 Å². The predicted octanol–water partition coefficient (Wildman–Crippen LogP) is 3.12. The Morgan fingerprint density at radius 2 is 2.00 bits per heavy atom. The SMILES string of the molecule is CCC(O)(CC)CNCc1ccc(F)cc1Cl. The summed E-state index contributed by atoms with van der Waals surface area (Å²) >= 11 is 5.90. The quantitative estimate of drug-likeness (QED) is 0.823. The zero-order chi connectivity index (χ0) is 12.9. The smallest absolute Gasteiger partial charge is 0.124 e. The molecule has 1 rings (SSSR count). The zero-order valence-corrected chi connectivity index (χ0v) is 11.0. The van der Waals surface area contributed by atoms with E-state index in [4.69, 9.17) is 11.6 Å². The second kappa shape index (κ2) is 6.34. The van der Waals surface area contributed by atoms with Crippen molar-refractivity contribution in [1.29, 1.82) is 0 Å². The molecule has 0 spiro atoms. The molecule has 4 heteroatoms. The number of hydrogen-bond donors (Lipinski definition) is 2. The molecule has 17 heavy (non-hydrogen) atoms. The Kier molecular flexibility index (Phi) is 5.37. The fourth-order valence-electron chi connectivity index (χ4n) is 1.59. The van der Waals surface area contributed by atoms with Crippen LogP contribution >= 0.6 is 11.6 Å². The van der Waals surface area contributed by atoms with Crippen LogP contribution in [-0.4, -0.2) is 17.3 Å². The van der Waals surface area contributed by atoms with E-state index in [0.29, 0.717) is 31.0 Å². The Labute approximate surface area is 107 Å². The van der Waals surface area contributed by atoms with E-state index >= 15 is 0 Å². The van der Waals surface area contributed by atoms with Gasteiger partial charge in [-0.05, 0) is 30.5 Å². The summed E-state index contributed by atoms with van der Waals surface area (Å²) in [6.45, 7) is 4.95. The molecule has 0 saturated carbocycles. The van der Waals surface area contributed by atoms with Gasteiger partial charge in [-0.25, -0.2) is 4.39 Å². The van der Waals surface area contributed by atoms with Gasteiger partial charge < -0.3 is 10.4 Å². The average Bonchev–Trinajstić information content (AvgIpc) is 2.32. The number of hydrogen-bond acceptors (Lipinski definition) is 2. The fraction of sp³-hybridized carbons (Fsp3) is 0.538. The molecule has 1 aromatic carbocycles. The lowest BCUT2D eigenvalue weighted by atomic mass is 9.97. The van der Waals surface area contributed by atoms with Crippen LogP contribution in [0.3, 0.4) is 0 Å². The maximum absolute atomic E-state index is 12.8. The van der Waals surface area contributed by atoms with Gasteiger partial charge in [0.25, 0.3) is 0 Å². The summed E-state index contributed by atoms with van der Waals surface area (Å²) in [6.07, 6.45) is 1.40. The summed E-state index contributed by atoms with van der Waals surface area (Å²) in [6, 6.07) is 4.33. The average molecular weight is 260 g/mol. The largest absolute Gasteiger partial charge is 0.389 e. The summed E-state index contributed by atoms with van der Waals surface area (Å²) in [5, 5.41) is 13.6. The Morgan fingerprint density at radius 1 is 1.35 bits per heavy atom. The molecule has 96 valence electrons. The molecule has 0 unspecified atom stereocenters. The van der Waals surface area contributed by atoms with Gasteiger partial charge in [0.05, 0.1) is 5.60 Å².